The van der Waals surface area contributed by atoms with Crippen molar-refractivity contribution in [1.29, 1.82) is 0 Å². The van der Waals surface area contributed by atoms with Gasteiger partial charge in [-0.1, -0.05) is 30.3 Å². The van der Waals surface area contributed by atoms with E-state index in [0.717, 1.165) is 32.2 Å². The number of pyridine rings is 1. The molecule has 0 N–H and O–H groups in total. The third-order valence-corrected chi connectivity index (χ3v) is 4.30. The average Bonchev–Trinajstić information content (AvgIpc) is 3.04. The molecule has 4 nitrogen and oxygen atoms in total. The molecule has 5 heteroatoms. The van der Waals surface area contributed by atoms with Crippen molar-refractivity contribution in [3.05, 3.63) is 64.8 Å². The first-order chi connectivity index (χ1) is 11.2. The van der Waals surface area contributed by atoms with Gasteiger partial charge in [0.25, 0.3) is 0 Å². The van der Waals surface area contributed by atoms with Crippen molar-refractivity contribution in [2.75, 3.05) is 0 Å². The molecule has 4 rings (SSSR count). The smallest absolute Gasteiger partial charge is 0.249 e. The van der Waals surface area contributed by atoms with Gasteiger partial charge in [0.05, 0.1) is 16.6 Å². The van der Waals surface area contributed by atoms with Gasteiger partial charge in [-0.3, -0.25) is 4.98 Å². The molecule has 0 spiro atoms. The second-order valence-corrected chi connectivity index (χ2v) is 6.07. The third-order valence-electron chi connectivity index (χ3n) is 3.60. The van der Waals surface area contributed by atoms with Crippen LogP contribution in [0.3, 0.4) is 0 Å². The highest BCUT2D eigenvalue weighted by Crippen LogP contribution is 2.32. The number of benzene rings is 2. The second kappa shape index (κ2) is 5.59. The molecule has 0 bridgehead atoms. The lowest BCUT2D eigenvalue weighted by Crippen LogP contribution is -1.88. The van der Waals surface area contributed by atoms with Crippen LogP contribution in [-0.2, 0) is 0 Å². The molecular weight excluding hydrogens is 354 g/mol. The standard InChI is InChI=1S/C18H12BrN3O/c1-11-10-14(12-6-3-5-9-16(12)20-11)18-22-21-17(23-18)13-7-2-4-8-15(13)19/h2-10H,1H3. The maximum atomic E-state index is 5.92. The summed E-state index contributed by atoms with van der Waals surface area (Å²) in [6.07, 6.45) is 0. The summed E-state index contributed by atoms with van der Waals surface area (Å²) in [4.78, 5) is 4.54. The lowest BCUT2D eigenvalue weighted by atomic mass is 10.1. The van der Waals surface area contributed by atoms with Crippen LogP contribution in [-0.4, -0.2) is 15.2 Å². The second-order valence-electron chi connectivity index (χ2n) is 5.22. The van der Waals surface area contributed by atoms with E-state index in [-0.39, 0.29) is 0 Å². The summed E-state index contributed by atoms with van der Waals surface area (Å²) in [5.74, 6) is 0.989. The molecule has 0 saturated heterocycles. The van der Waals surface area contributed by atoms with E-state index in [0.29, 0.717) is 11.8 Å². The number of halogens is 1. The first-order valence-electron chi connectivity index (χ1n) is 7.17. The molecule has 0 aliphatic carbocycles. The summed E-state index contributed by atoms with van der Waals surface area (Å²) in [6, 6.07) is 17.7. The summed E-state index contributed by atoms with van der Waals surface area (Å²) >= 11 is 3.51. The van der Waals surface area contributed by atoms with Crippen LogP contribution in [0.25, 0.3) is 33.8 Å². The van der Waals surface area contributed by atoms with Gasteiger partial charge in [0.1, 0.15) is 0 Å². The van der Waals surface area contributed by atoms with Crippen LogP contribution in [0.15, 0.2) is 63.5 Å². The van der Waals surface area contributed by atoms with Crippen molar-refractivity contribution < 1.29 is 4.42 Å². The Balaban J connectivity index is 1.89. The Hall–Kier alpha value is -2.53. The zero-order valence-electron chi connectivity index (χ0n) is 12.3. The highest BCUT2D eigenvalue weighted by molar-refractivity contribution is 9.10. The molecule has 23 heavy (non-hydrogen) atoms. The van der Waals surface area contributed by atoms with Gasteiger partial charge in [-0.2, -0.15) is 0 Å². The Labute approximate surface area is 141 Å². The van der Waals surface area contributed by atoms with Gasteiger partial charge in [0.15, 0.2) is 0 Å². The minimum atomic E-state index is 0.492. The van der Waals surface area contributed by atoms with E-state index in [2.05, 4.69) is 31.1 Å². The van der Waals surface area contributed by atoms with Crippen LogP contribution in [0.4, 0.5) is 0 Å². The molecule has 2 aromatic heterocycles. The van der Waals surface area contributed by atoms with Gasteiger partial charge in [-0.25, -0.2) is 0 Å². The van der Waals surface area contributed by atoms with Crippen LogP contribution in [0, 0.1) is 6.92 Å². The van der Waals surface area contributed by atoms with Crippen LogP contribution < -0.4 is 0 Å². The van der Waals surface area contributed by atoms with Crippen molar-refractivity contribution in [2.45, 2.75) is 6.92 Å². The quantitative estimate of drug-likeness (QED) is 0.500. The van der Waals surface area contributed by atoms with Crippen molar-refractivity contribution in [3.8, 4) is 22.9 Å². The predicted molar refractivity (Wildman–Crippen MR) is 92.9 cm³/mol. The molecule has 2 heterocycles. The maximum Gasteiger partial charge on any atom is 0.249 e. The van der Waals surface area contributed by atoms with Gasteiger partial charge in [-0.05, 0) is 47.1 Å². The number of aryl methyl sites for hydroxylation is 1. The fourth-order valence-corrected chi connectivity index (χ4v) is 3.01. The number of fused-ring (bicyclic) bond motifs is 1. The van der Waals surface area contributed by atoms with Crippen molar-refractivity contribution in [2.24, 2.45) is 0 Å². The molecular formula is C18H12BrN3O. The van der Waals surface area contributed by atoms with Crippen LogP contribution in [0.2, 0.25) is 0 Å². The summed E-state index contributed by atoms with van der Waals surface area (Å²) < 4.78 is 6.84. The van der Waals surface area contributed by atoms with Gasteiger partial charge in [0, 0.05) is 15.6 Å². The van der Waals surface area contributed by atoms with Gasteiger partial charge in [-0.15, -0.1) is 10.2 Å². The van der Waals surface area contributed by atoms with Crippen LogP contribution in [0.5, 0.6) is 0 Å². The van der Waals surface area contributed by atoms with Crippen molar-refractivity contribution >= 4 is 26.8 Å². The minimum absolute atomic E-state index is 0.492. The summed E-state index contributed by atoms with van der Waals surface area (Å²) in [7, 11) is 0. The zero-order valence-corrected chi connectivity index (χ0v) is 13.9. The molecule has 0 atom stereocenters. The SMILES string of the molecule is Cc1cc(-c2nnc(-c3ccccc3Br)o2)c2ccccc2n1. The fraction of sp³-hybridized carbons (Fsp3) is 0.0556. The normalized spacial score (nSPS) is 11.0. The number of hydrogen-bond donors (Lipinski definition) is 0. The lowest BCUT2D eigenvalue weighted by molar-refractivity contribution is 0.585. The average molecular weight is 366 g/mol. The number of nitrogens with zero attached hydrogens (tertiary/aromatic N) is 3. The first-order valence-corrected chi connectivity index (χ1v) is 7.97. The van der Waals surface area contributed by atoms with Crippen LogP contribution in [0.1, 0.15) is 5.69 Å². The molecule has 0 fully saturated rings. The molecule has 0 amide bonds. The number of aromatic nitrogens is 3. The predicted octanol–water partition coefficient (Wildman–Crippen LogP) is 5.02. The topological polar surface area (TPSA) is 51.8 Å². The largest absolute Gasteiger partial charge is 0.416 e. The van der Waals surface area contributed by atoms with Crippen LogP contribution >= 0.6 is 15.9 Å². The molecule has 0 radical (unpaired) electrons. The van der Waals surface area contributed by atoms with E-state index in [1.807, 2.05) is 61.5 Å². The number of rotatable bonds is 2. The van der Waals surface area contributed by atoms with E-state index in [4.69, 9.17) is 4.42 Å². The van der Waals surface area contributed by atoms with E-state index in [1.165, 1.54) is 0 Å². The summed E-state index contributed by atoms with van der Waals surface area (Å²) in [5, 5.41) is 9.42. The Morgan fingerprint density at radius 1 is 0.870 bits per heavy atom. The number of para-hydroxylation sites is 1. The van der Waals surface area contributed by atoms with Gasteiger partial charge < -0.3 is 4.42 Å². The van der Waals surface area contributed by atoms with Crippen molar-refractivity contribution in [1.82, 2.24) is 15.2 Å². The molecule has 0 aliphatic heterocycles. The highest BCUT2D eigenvalue weighted by Gasteiger charge is 2.15. The fourth-order valence-electron chi connectivity index (χ4n) is 2.56. The monoisotopic (exact) mass is 365 g/mol. The Bertz CT molecular complexity index is 1010. The van der Waals surface area contributed by atoms with E-state index in [9.17, 15) is 0 Å². The van der Waals surface area contributed by atoms with Crippen molar-refractivity contribution in [3.63, 3.8) is 0 Å². The van der Waals surface area contributed by atoms with E-state index < -0.39 is 0 Å². The highest BCUT2D eigenvalue weighted by atomic mass is 79.9. The van der Waals surface area contributed by atoms with E-state index >= 15 is 0 Å². The minimum Gasteiger partial charge on any atom is -0.416 e. The Kier molecular flexibility index (Phi) is 3.42. The number of hydrogen-bond acceptors (Lipinski definition) is 4. The molecule has 0 saturated carbocycles. The molecule has 4 aromatic rings. The lowest BCUT2D eigenvalue weighted by Gasteiger charge is -2.04. The first kappa shape index (κ1) is 14.1. The maximum absolute atomic E-state index is 5.92. The summed E-state index contributed by atoms with van der Waals surface area (Å²) in [6.45, 7) is 1.96. The third kappa shape index (κ3) is 2.53. The molecule has 0 unspecified atom stereocenters. The Morgan fingerprint density at radius 2 is 1.57 bits per heavy atom. The van der Waals surface area contributed by atoms with Gasteiger partial charge in [0.2, 0.25) is 11.8 Å². The van der Waals surface area contributed by atoms with Gasteiger partial charge >= 0.3 is 0 Å². The zero-order chi connectivity index (χ0) is 15.8. The molecule has 112 valence electrons. The molecule has 2 aromatic carbocycles. The summed E-state index contributed by atoms with van der Waals surface area (Å²) in [5.41, 5.74) is 3.61. The van der Waals surface area contributed by atoms with E-state index in [1.54, 1.807) is 0 Å². The Morgan fingerprint density at radius 3 is 2.39 bits per heavy atom. The molecule has 0 aliphatic rings.